The average molecular weight is 388 g/mol. The molecule has 0 saturated carbocycles. The zero-order valence-corrected chi connectivity index (χ0v) is 18.9. The summed E-state index contributed by atoms with van der Waals surface area (Å²) in [7, 11) is 0. The van der Waals surface area contributed by atoms with Crippen LogP contribution in [0.2, 0.25) is 0 Å². The van der Waals surface area contributed by atoms with Crippen molar-refractivity contribution in [3.05, 3.63) is 34.7 Å². The molecule has 0 aromatic carbocycles. The molecule has 6 nitrogen and oxygen atoms in total. The van der Waals surface area contributed by atoms with Crippen molar-refractivity contribution < 1.29 is 44.6 Å². The Morgan fingerprint density at radius 1 is 0.926 bits per heavy atom. The van der Waals surface area contributed by atoms with Crippen molar-refractivity contribution in [1.29, 1.82) is 0 Å². The van der Waals surface area contributed by atoms with Crippen LogP contribution >= 0.6 is 0 Å². The number of carbonyl (C=O) groups is 1. The number of rotatable bonds is 18. The predicted octanol–water partition coefficient (Wildman–Crippen LogP) is 1.60. The van der Waals surface area contributed by atoms with Gasteiger partial charge in [0.1, 0.15) is 0 Å². The first kappa shape index (κ1) is 28.4. The minimum Gasteiger partial charge on any atom is -0.550 e. The van der Waals surface area contributed by atoms with E-state index in [1.165, 1.54) is 32.1 Å². The Morgan fingerprint density at radius 2 is 1.41 bits per heavy atom. The van der Waals surface area contributed by atoms with Crippen LogP contribution in [-0.4, -0.2) is 23.7 Å². The molecule has 27 heavy (non-hydrogen) atoms. The van der Waals surface area contributed by atoms with Crippen LogP contribution in [0.15, 0.2) is 29.4 Å². The van der Waals surface area contributed by atoms with Crippen LogP contribution < -0.4 is 34.7 Å². The van der Waals surface area contributed by atoms with Gasteiger partial charge in [-0.15, -0.1) is 0 Å². The number of azide groups is 1. The molecule has 0 rings (SSSR count). The molecular formula is C20H34N3NaO3. The Kier molecular flexibility index (Phi) is 24.5. The third kappa shape index (κ3) is 23.2. The van der Waals surface area contributed by atoms with Crippen molar-refractivity contribution in [2.75, 3.05) is 6.61 Å². The molecule has 0 saturated heterocycles. The van der Waals surface area contributed by atoms with Crippen molar-refractivity contribution in [3.63, 3.8) is 0 Å². The van der Waals surface area contributed by atoms with Gasteiger partial charge in [0.2, 0.25) is 0 Å². The maximum Gasteiger partial charge on any atom is 1.00 e. The fourth-order valence-electron chi connectivity index (χ4n) is 2.62. The molecule has 0 fully saturated rings. The molecule has 1 unspecified atom stereocenters. The van der Waals surface area contributed by atoms with Crippen molar-refractivity contribution in [2.24, 2.45) is 5.11 Å². The number of carbonyl (C=O) groups excluding carboxylic acids is 1. The molecule has 0 aromatic heterocycles. The molecule has 0 radical (unpaired) electrons. The first-order valence-electron chi connectivity index (χ1n) is 9.85. The maximum atomic E-state index is 10.2. The van der Waals surface area contributed by atoms with Crippen LogP contribution in [0.25, 0.3) is 10.4 Å². The Balaban J connectivity index is 0. The molecule has 7 heteroatoms. The summed E-state index contributed by atoms with van der Waals surface area (Å²) in [5.74, 6) is -0.964. The Morgan fingerprint density at radius 3 is 1.89 bits per heavy atom. The van der Waals surface area contributed by atoms with Crippen LogP contribution in [0.1, 0.15) is 83.5 Å². The van der Waals surface area contributed by atoms with E-state index in [4.69, 9.17) is 10.6 Å². The van der Waals surface area contributed by atoms with Crippen molar-refractivity contribution in [3.8, 4) is 0 Å². The van der Waals surface area contributed by atoms with Gasteiger partial charge in [0.05, 0.1) is 12.6 Å². The maximum absolute atomic E-state index is 10.2. The van der Waals surface area contributed by atoms with Gasteiger partial charge < -0.3 is 15.0 Å². The number of nitrogens with zero attached hydrogens (tertiary/aromatic N) is 3. The predicted molar refractivity (Wildman–Crippen MR) is 103 cm³/mol. The molecule has 1 N–H and O–H groups in total. The van der Waals surface area contributed by atoms with Crippen molar-refractivity contribution >= 4 is 5.97 Å². The molecule has 0 bridgehead atoms. The Labute approximate surface area is 186 Å². The van der Waals surface area contributed by atoms with Gasteiger partial charge in [-0.2, -0.15) is 0 Å². The zero-order chi connectivity index (χ0) is 19.3. The van der Waals surface area contributed by atoms with Crippen LogP contribution in [0.4, 0.5) is 0 Å². The largest absolute Gasteiger partial charge is 1.00 e. The van der Waals surface area contributed by atoms with Gasteiger partial charge in [0, 0.05) is 10.9 Å². The van der Waals surface area contributed by atoms with Gasteiger partial charge in [-0.05, 0) is 69.7 Å². The Bertz CT molecular complexity index is 450. The van der Waals surface area contributed by atoms with Crippen molar-refractivity contribution in [1.82, 2.24) is 0 Å². The minimum absolute atomic E-state index is 0. The van der Waals surface area contributed by atoms with E-state index < -0.39 is 5.97 Å². The molecule has 1 atom stereocenters. The number of aliphatic carboxylic acids is 1. The number of aliphatic hydroxyl groups excluding tert-OH is 1. The number of allylic oxidation sites excluding steroid dienone is 4. The standard InChI is InChI=1S/C20H35N3O3.Na/c21-23-22-19(18-24)16-14-12-10-8-6-4-2-1-3-5-7-9-11-13-15-17-20(25)26;/h8-11,19,24H,1-7,12-18H2,(H,25,26);/q;+1/p-1/b10-8-,11-9-;. The van der Waals surface area contributed by atoms with E-state index in [1.807, 2.05) is 0 Å². The molecule has 0 aliphatic rings. The normalized spacial score (nSPS) is 12.0. The first-order valence-corrected chi connectivity index (χ1v) is 9.85. The van der Waals surface area contributed by atoms with Crippen LogP contribution in [0.5, 0.6) is 0 Å². The van der Waals surface area contributed by atoms with E-state index in [1.54, 1.807) is 0 Å². The SMILES string of the molecule is [N-]=[N+]=NC(CO)CCC/C=C\CCCCCCC/C=C\CCCC(=O)[O-].[Na+]. The average Bonchev–Trinajstić information content (AvgIpc) is 2.63. The summed E-state index contributed by atoms with van der Waals surface area (Å²) in [6.45, 7) is -0.0774. The fourth-order valence-corrected chi connectivity index (χ4v) is 2.62. The number of hydrogen-bond donors (Lipinski definition) is 1. The first-order chi connectivity index (χ1) is 12.7. The van der Waals surface area contributed by atoms with E-state index in [0.29, 0.717) is 6.42 Å². The van der Waals surface area contributed by atoms with Crippen LogP contribution in [0.3, 0.4) is 0 Å². The molecule has 0 spiro atoms. The monoisotopic (exact) mass is 387 g/mol. The number of carboxylic acid groups (broad SMARTS) is 1. The van der Waals surface area contributed by atoms with E-state index in [9.17, 15) is 9.90 Å². The quantitative estimate of drug-likeness (QED) is 0.0963. The van der Waals surface area contributed by atoms with E-state index in [2.05, 4.69) is 34.3 Å². The molecule has 0 aromatic rings. The van der Waals surface area contributed by atoms with Crippen molar-refractivity contribution in [2.45, 2.75) is 89.5 Å². The summed E-state index contributed by atoms with van der Waals surface area (Å²) in [6.07, 6.45) is 21.3. The van der Waals surface area contributed by atoms with Gasteiger partial charge >= 0.3 is 29.6 Å². The second-order valence-electron chi connectivity index (χ2n) is 6.52. The van der Waals surface area contributed by atoms with Crippen LogP contribution in [0, 0.1) is 0 Å². The molecule has 0 aliphatic carbocycles. The smallest absolute Gasteiger partial charge is 0.550 e. The number of unbranched alkanes of at least 4 members (excludes halogenated alkanes) is 8. The topological polar surface area (TPSA) is 109 Å². The number of aliphatic hydroxyl groups is 1. The van der Waals surface area contributed by atoms with Gasteiger partial charge in [-0.25, -0.2) is 0 Å². The zero-order valence-electron chi connectivity index (χ0n) is 16.9. The number of hydrogen-bond acceptors (Lipinski definition) is 4. The van der Waals surface area contributed by atoms with Gasteiger partial charge in [0.15, 0.2) is 0 Å². The summed E-state index contributed by atoms with van der Waals surface area (Å²) < 4.78 is 0. The summed E-state index contributed by atoms with van der Waals surface area (Å²) in [5, 5.41) is 22.8. The van der Waals surface area contributed by atoms with E-state index in [-0.39, 0.29) is 48.6 Å². The molecule has 0 heterocycles. The van der Waals surface area contributed by atoms with E-state index >= 15 is 0 Å². The number of carboxylic acids is 1. The summed E-state index contributed by atoms with van der Waals surface area (Å²) in [4.78, 5) is 13.0. The van der Waals surface area contributed by atoms with Crippen LogP contribution in [-0.2, 0) is 4.79 Å². The minimum atomic E-state index is -0.964. The second-order valence-corrected chi connectivity index (χ2v) is 6.52. The third-order valence-corrected chi connectivity index (χ3v) is 4.16. The molecular weight excluding hydrogens is 353 g/mol. The second kappa shape index (κ2) is 23.3. The van der Waals surface area contributed by atoms with Gasteiger partial charge in [0.25, 0.3) is 0 Å². The summed E-state index contributed by atoms with van der Waals surface area (Å²) in [5.41, 5.74) is 8.33. The molecule has 0 amide bonds. The molecule has 148 valence electrons. The van der Waals surface area contributed by atoms with Gasteiger partial charge in [-0.3, -0.25) is 0 Å². The summed E-state index contributed by atoms with van der Waals surface area (Å²) in [6, 6.07) is -0.287. The van der Waals surface area contributed by atoms with Gasteiger partial charge in [-0.1, -0.05) is 48.7 Å². The Hall–Kier alpha value is -0.780. The fraction of sp³-hybridized carbons (Fsp3) is 0.750. The van der Waals surface area contributed by atoms with E-state index in [0.717, 1.165) is 38.5 Å². The molecule has 0 aliphatic heterocycles. The third-order valence-electron chi connectivity index (χ3n) is 4.16. The summed E-state index contributed by atoms with van der Waals surface area (Å²) >= 11 is 0.